The number of benzene rings is 3. The molecule has 0 aliphatic carbocycles. The van der Waals surface area contributed by atoms with E-state index in [1.807, 2.05) is 60.7 Å². The van der Waals surface area contributed by atoms with E-state index in [-0.39, 0.29) is 24.7 Å². The number of rotatable bonds is 11. The summed E-state index contributed by atoms with van der Waals surface area (Å²) in [5.41, 5.74) is 4.39. The maximum absolute atomic E-state index is 10.4. The van der Waals surface area contributed by atoms with E-state index >= 15 is 0 Å². The molecule has 2 N–H and O–H groups in total. The summed E-state index contributed by atoms with van der Waals surface area (Å²) in [6.45, 7) is 4.50. The van der Waals surface area contributed by atoms with Crippen molar-refractivity contribution in [3.63, 3.8) is 0 Å². The maximum atomic E-state index is 10.4. The van der Waals surface area contributed by atoms with E-state index in [0.717, 1.165) is 46.4 Å². The Hall–Kier alpha value is -3.28. The Balaban J connectivity index is 1.63. The fraction of sp³-hybridized carbons (Fsp3) is 0.355. The largest absolute Gasteiger partial charge is 0.497 e. The zero-order valence-electron chi connectivity index (χ0n) is 21.4. The summed E-state index contributed by atoms with van der Waals surface area (Å²) >= 11 is 0. The van der Waals surface area contributed by atoms with E-state index in [9.17, 15) is 10.2 Å². The molecule has 4 rings (SSSR count). The maximum Gasteiger partial charge on any atom is 0.128 e. The third-order valence-corrected chi connectivity index (χ3v) is 7.22. The molecule has 1 aliphatic rings. The number of aliphatic hydroxyl groups excluding tert-OH is 2. The van der Waals surface area contributed by atoms with Crippen LogP contribution in [-0.4, -0.2) is 29.5 Å². The van der Waals surface area contributed by atoms with Gasteiger partial charge in [-0.05, 0) is 54.2 Å². The van der Waals surface area contributed by atoms with Crippen LogP contribution in [0.4, 0.5) is 0 Å². The van der Waals surface area contributed by atoms with Crippen LogP contribution in [0.3, 0.4) is 0 Å². The van der Waals surface area contributed by atoms with Gasteiger partial charge in [-0.25, -0.2) is 0 Å². The van der Waals surface area contributed by atoms with Crippen LogP contribution < -0.4 is 14.2 Å². The van der Waals surface area contributed by atoms with Crippen molar-refractivity contribution >= 4 is 6.08 Å². The number of hydrogen-bond acceptors (Lipinski definition) is 5. The van der Waals surface area contributed by atoms with Crippen molar-refractivity contribution in [2.75, 3.05) is 13.7 Å². The lowest BCUT2D eigenvalue weighted by Crippen LogP contribution is -2.34. The van der Waals surface area contributed by atoms with Crippen molar-refractivity contribution in [3.05, 3.63) is 94.6 Å². The van der Waals surface area contributed by atoms with Crippen LogP contribution in [0.25, 0.3) is 6.08 Å². The Morgan fingerprint density at radius 3 is 2.42 bits per heavy atom. The Morgan fingerprint density at radius 1 is 0.972 bits per heavy atom. The molecule has 1 heterocycles. The van der Waals surface area contributed by atoms with Gasteiger partial charge in [-0.2, -0.15) is 0 Å². The molecular weight excluding hydrogens is 452 g/mol. The molecule has 0 radical (unpaired) electrons. The molecule has 0 fully saturated rings. The average Bonchev–Trinajstić information content (AvgIpc) is 2.94. The minimum Gasteiger partial charge on any atom is -0.497 e. The summed E-state index contributed by atoms with van der Waals surface area (Å²) in [5, 5.41) is 20.7. The topological polar surface area (TPSA) is 68.2 Å². The van der Waals surface area contributed by atoms with E-state index < -0.39 is 0 Å². The summed E-state index contributed by atoms with van der Waals surface area (Å²) in [6.07, 6.45) is 6.50. The highest BCUT2D eigenvalue weighted by atomic mass is 16.5. The van der Waals surface area contributed by atoms with Gasteiger partial charge in [0.15, 0.2) is 0 Å². The molecule has 1 atom stereocenters. The summed E-state index contributed by atoms with van der Waals surface area (Å²) in [4.78, 5) is 0. The third-order valence-electron chi connectivity index (χ3n) is 7.22. The van der Waals surface area contributed by atoms with Crippen molar-refractivity contribution in [1.82, 2.24) is 0 Å². The van der Waals surface area contributed by atoms with Gasteiger partial charge in [0.1, 0.15) is 29.5 Å². The van der Waals surface area contributed by atoms with Crippen LogP contribution in [0.1, 0.15) is 60.4 Å². The third kappa shape index (κ3) is 5.43. The van der Waals surface area contributed by atoms with Crippen molar-refractivity contribution in [2.24, 2.45) is 0 Å². The Labute approximate surface area is 214 Å². The second-order valence-electron chi connectivity index (χ2n) is 9.24. The second-order valence-corrected chi connectivity index (χ2v) is 9.24. The smallest absolute Gasteiger partial charge is 0.128 e. The zero-order valence-corrected chi connectivity index (χ0v) is 21.4. The molecule has 190 valence electrons. The van der Waals surface area contributed by atoms with E-state index in [0.29, 0.717) is 24.5 Å². The normalized spacial score (nSPS) is 14.6. The molecule has 0 saturated heterocycles. The zero-order chi connectivity index (χ0) is 25.5. The van der Waals surface area contributed by atoms with Crippen molar-refractivity contribution < 1.29 is 24.4 Å². The number of fused-ring (bicyclic) bond motifs is 1. The number of ether oxygens (including phenoxy) is 3. The highest BCUT2D eigenvalue weighted by molar-refractivity contribution is 5.66. The van der Waals surface area contributed by atoms with Gasteiger partial charge in [-0.3, -0.25) is 0 Å². The minimum absolute atomic E-state index is 0.0584. The SMILES string of the molecule is CCC1(CC)C=Cc2c(ccc(CC(CO)c3ccc(OC)cc3OCc3ccccc3)c2CO)O1. The summed E-state index contributed by atoms with van der Waals surface area (Å²) in [6, 6.07) is 19.7. The van der Waals surface area contributed by atoms with Crippen LogP contribution in [0.2, 0.25) is 0 Å². The molecule has 1 aliphatic heterocycles. The quantitative estimate of drug-likeness (QED) is 0.344. The summed E-state index contributed by atoms with van der Waals surface area (Å²) in [7, 11) is 1.63. The lowest BCUT2D eigenvalue weighted by molar-refractivity contribution is 0.108. The highest BCUT2D eigenvalue weighted by Crippen LogP contribution is 2.40. The molecule has 0 aromatic heterocycles. The molecule has 1 unspecified atom stereocenters. The molecule has 0 amide bonds. The van der Waals surface area contributed by atoms with Gasteiger partial charge in [0.25, 0.3) is 0 Å². The predicted octanol–water partition coefficient (Wildman–Crippen LogP) is 6.05. The van der Waals surface area contributed by atoms with Gasteiger partial charge in [0.2, 0.25) is 0 Å². The van der Waals surface area contributed by atoms with Crippen LogP contribution in [0, 0.1) is 0 Å². The molecule has 0 bridgehead atoms. The highest BCUT2D eigenvalue weighted by Gasteiger charge is 2.30. The van der Waals surface area contributed by atoms with Crippen LogP contribution in [0.5, 0.6) is 17.2 Å². The standard InChI is InChI=1S/C31H36O5/c1-4-31(5-2)16-15-27-28(20-33)23(11-14-29(27)36-31)17-24(19-32)26-13-12-25(34-3)18-30(26)35-21-22-9-7-6-8-10-22/h6-16,18,24,32-33H,4-5,17,19-21H2,1-3H3. The second kappa shape index (κ2) is 11.6. The molecule has 36 heavy (non-hydrogen) atoms. The molecule has 5 heteroatoms. The summed E-state index contributed by atoms with van der Waals surface area (Å²) in [5.74, 6) is 1.95. The van der Waals surface area contributed by atoms with Gasteiger partial charge in [0, 0.05) is 23.1 Å². The lowest BCUT2D eigenvalue weighted by Gasteiger charge is -2.34. The molecule has 3 aromatic rings. The van der Waals surface area contributed by atoms with E-state index in [4.69, 9.17) is 14.2 Å². The molecule has 3 aromatic carbocycles. The first-order chi connectivity index (χ1) is 17.6. The molecule has 0 spiro atoms. The van der Waals surface area contributed by atoms with Crippen LogP contribution in [-0.2, 0) is 19.6 Å². The van der Waals surface area contributed by atoms with Gasteiger partial charge in [0.05, 0.1) is 20.3 Å². The molecule has 0 saturated carbocycles. The molecule has 5 nitrogen and oxygen atoms in total. The first-order valence-electron chi connectivity index (χ1n) is 12.7. The van der Waals surface area contributed by atoms with Crippen molar-refractivity contribution in [1.29, 1.82) is 0 Å². The molecular formula is C31H36O5. The minimum atomic E-state index is -0.303. The van der Waals surface area contributed by atoms with Gasteiger partial charge in [-0.15, -0.1) is 0 Å². The monoisotopic (exact) mass is 488 g/mol. The first-order valence-corrected chi connectivity index (χ1v) is 12.7. The van der Waals surface area contributed by atoms with Crippen LogP contribution >= 0.6 is 0 Å². The fourth-order valence-electron chi connectivity index (χ4n) is 4.83. The average molecular weight is 489 g/mol. The first kappa shape index (κ1) is 25.8. The van der Waals surface area contributed by atoms with Crippen molar-refractivity contribution in [3.8, 4) is 17.2 Å². The van der Waals surface area contributed by atoms with Crippen LogP contribution in [0.15, 0.2) is 66.7 Å². The Morgan fingerprint density at radius 2 is 1.75 bits per heavy atom. The predicted molar refractivity (Wildman–Crippen MR) is 143 cm³/mol. The van der Waals surface area contributed by atoms with E-state index in [1.165, 1.54) is 0 Å². The number of hydrogen-bond donors (Lipinski definition) is 2. The van der Waals surface area contributed by atoms with E-state index in [1.54, 1.807) is 7.11 Å². The fourth-order valence-corrected chi connectivity index (χ4v) is 4.83. The van der Waals surface area contributed by atoms with Crippen molar-refractivity contribution in [2.45, 2.75) is 57.8 Å². The number of methoxy groups -OCH3 is 1. The van der Waals surface area contributed by atoms with E-state index in [2.05, 4.69) is 26.0 Å². The van der Waals surface area contributed by atoms with Gasteiger partial charge >= 0.3 is 0 Å². The Kier molecular flexibility index (Phi) is 8.34. The number of aliphatic hydroxyl groups is 2. The van der Waals surface area contributed by atoms with Gasteiger partial charge < -0.3 is 24.4 Å². The van der Waals surface area contributed by atoms with Gasteiger partial charge in [-0.1, -0.05) is 62.4 Å². The Bertz CT molecular complexity index is 1180. The lowest BCUT2D eigenvalue weighted by atomic mass is 9.86. The summed E-state index contributed by atoms with van der Waals surface area (Å²) < 4.78 is 18.0.